The molecular weight excluding hydrogens is 120 g/mol. The van der Waals surface area contributed by atoms with Gasteiger partial charge in [-0.15, -0.1) is 0 Å². The number of fused-ring (bicyclic) bond motifs is 1. The number of rotatable bonds is 2. The molecular formula is C10H18. The largest absolute Gasteiger partial charge is 0.0651 e. The van der Waals surface area contributed by atoms with Crippen LogP contribution in [0.2, 0.25) is 0 Å². The van der Waals surface area contributed by atoms with E-state index >= 15 is 0 Å². The van der Waals surface area contributed by atoms with Gasteiger partial charge in [0.25, 0.3) is 0 Å². The van der Waals surface area contributed by atoms with Crippen molar-refractivity contribution in [3.8, 4) is 0 Å². The molecule has 0 nitrogen and oxygen atoms in total. The molecule has 0 spiro atoms. The van der Waals surface area contributed by atoms with Crippen LogP contribution < -0.4 is 0 Å². The summed E-state index contributed by atoms with van der Waals surface area (Å²) in [4.78, 5) is 0. The first kappa shape index (κ1) is 6.69. The molecule has 0 aromatic heterocycles. The van der Waals surface area contributed by atoms with Gasteiger partial charge < -0.3 is 0 Å². The zero-order valence-corrected chi connectivity index (χ0v) is 7.57. The van der Waals surface area contributed by atoms with Gasteiger partial charge in [0, 0.05) is 0 Å². The molecule has 3 atom stereocenters. The highest BCUT2D eigenvalue weighted by molar-refractivity contribution is 5.34. The third-order valence-electron chi connectivity index (χ3n) is 4.34. The van der Waals surface area contributed by atoms with Crippen molar-refractivity contribution in [3.05, 3.63) is 0 Å². The van der Waals surface area contributed by atoms with Crippen molar-refractivity contribution < 1.29 is 0 Å². The second-order valence-corrected chi connectivity index (χ2v) is 4.75. The first-order chi connectivity index (χ1) is 4.59. The smallest absolute Gasteiger partial charge is 0.0178 e. The molecule has 0 aliphatic heterocycles. The summed E-state index contributed by atoms with van der Waals surface area (Å²) < 4.78 is 0. The van der Waals surface area contributed by atoms with E-state index in [1.54, 1.807) is 0 Å². The van der Waals surface area contributed by atoms with E-state index in [0.717, 1.165) is 22.7 Å². The summed E-state index contributed by atoms with van der Waals surface area (Å²) in [6, 6.07) is 0. The van der Waals surface area contributed by atoms with E-state index in [1.807, 2.05) is 0 Å². The average Bonchev–Trinajstić information content (AvgIpc) is 2.53. The molecule has 2 aliphatic rings. The fraction of sp³-hybridized carbons (Fsp3) is 1.00. The summed E-state index contributed by atoms with van der Waals surface area (Å²) >= 11 is 0. The summed E-state index contributed by atoms with van der Waals surface area (Å²) in [5.41, 5.74) is 1.62. The number of hydrogen-bond donors (Lipinski definition) is 0. The molecule has 0 saturated heterocycles. The Morgan fingerprint density at radius 2 is 2.10 bits per heavy atom. The van der Waals surface area contributed by atoms with Gasteiger partial charge in [-0.05, 0) is 29.1 Å². The van der Waals surface area contributed by atoms with Crippen LogP contribution in [0.1, 0.15) is 40.5 Å². The van der Waals surface area contributed by atoms with Crippen LogP contribution in [0.5, 0.6) is 0 Å². The van der Waals surface area contributed by atoms with E-state index in [4.69, 9.17) is 0 Å². The maximum absolute atomic E-state index is 2.47. The standard InChI is InChI=1S/C10H18/c1-5-8-9(4)6-10(8,9)7(2)3/h7-8H,5-6H2,1-4H3. The van der Waals surface area contributed by atoms with Gasteiger partial charge in [0.2, 0.25) is 0 Å². The predicted molar refractivity (Wildman–Crippen MR) is 43.8 cm³/mol. The van der Waals surface area contributed by atoms with Crippen molar-refractivity contribution in [1.29, 1.82) is 0 Å². The third-order valence-corrected chi connectivity index (χ3v) is 4.34. The second-order valence-electron chi connectivity index (χ2n) is 4.75. The molecule has 0 aromatic rings. The van der Waals surface area contributed by atoms with Gasteiger partial charge >= 0.3 is 0 Å². The molecule has 0 bridgehead atoms. The molecule has 2 fully saturated rings. The van der Waals surface area contributed by atoms with Crippen molar-refractivity contribution in [3.63, 3.8) is 0 Å². The summed E-state index contributed by atoms with van der Waals surface area (Å²) in [6.07, 6.45) is 2.94. The lowest BCUT2D eigenvalue weighted by Gasteiger charge is -2.13. The van der Waals surface area contributed by atoms with Gasteiger partial charge in [-0.2, -0.15) is 0 Å². The lowest BCUT2D eigenvalue weighted by molar-refractivity contribution is 0.363. The normalized spacial score (nSPS) is 56.7. The minimum Gasteiger partial charge on any atom is -0.0651 e. The predicted octanol–water partition coefficient (Wildman–Crippen LogP) is 3.08. The highest BCUT2D eigenvalue weighted by atomic mass is 14.9. The Hall–Kier alpha value is 0. The molecule has 10 heavy (non-hydrogen) atoms. The second kappa shape index (κ2) is 1.44. The van der Waals surface area contributed by atoms with Gasteiger partial charge in [0.05, 0.1) is 0 Å². The van der Waals surface area contributed by atoms with E-state index < -0.39 is 0 Å². The lowest BCUT2D eigenvalue weighted by Crippen LogP contribution is -2.05. The molecule has 3 unspecified atom stereocenters. The van der Waals surface area contributed by atoms with Crippen LogP contribution in [-0.2, 0) is 0 Å². The van der Waals surface area contributed by atoms with E-state index in [1.165, 1.54) is 12.8 Å². The molecule has 2 saturated carbocycles. The molecule has 58 valence electrons. The maximum atomic E-state index is 2.47. The Morgan fingerprint density at radius 3 is 2.20 bits per heavy atom. The quantitative estimate of drug-likeness (QED) is 0.550. The average molecular weight is 138 g/mol. The van der Waals surface area contributed by atoms with Crippen molar-refractivity contribution >= 4 is 0 Å². The van der Waals surface area contributed by atoms with E-state index in [0.29, 0.717) is 0 Å². The highest BCUT2D eigenvalue weighted by Gasteiger charge is 2.87. The molecule has 0 aromatic carbocycles. The van der Waals surface area contributed by atoms with Crippen molar-refractivity contribution in [2.75, 3.05) is 0 Å². The summed E-state index contributed by atoms with van der Waals surface area (Å²) in [5.74, 6) is 2.02. The zero-order valence-electron chi connectivity index (χ0n) is 7.57. The van der Waals surface area contributed by atoms with Crippen LogP contribution >= 0.6 is 0 Å². The minimum absolute atomic E-state index is 0.802. The molecule has 0 heterocycles. The molecule has 0 N–H and O–H groups in total. The van der Waals surface area contributed by atoms with Crippen LogP contribution in [0.4, 0.5) is 0 Å². The van der Waals surface area contributed by atoms with Gasteiger partial charge in [-0.3, -0.25) is 0 Å². The summed E-state index contributed by atoms with van der Waals surface area (Å²) in [5, 5.41) is 0. The lowest BCUT2D eigenvalue weighted by atomic mass is 9.92. The van der Waals surface area contributed by atoms with Gasteiger partial charge in [0.1, 0.15) is 0 Å². The van der Waals surface area contributed by atoms with Crippen molar-refractivity contribution in [1.82, 2.24) is 0 Å². The van der Waals surface area contributed by atoms with Gasteiger partial charge in [-0.1, -0.05) is 34.1 Å². The fourth-order valence-corrected chi connectivity index (χ4v) is 3.66. The maximum Gasteiger partial charge on any atom is -0.0178 e. The van der Waals surface area contributed by atoms with Crippen LogP contribution in [0, 0.1) is 22.7 Å². The van der Waals surface area contributed by atoms with E-state index in [9.17, 15) is 0 Å². The summed E-state index contributed by atoms with van der Waals surface area (Å²) in [7, 11) is 0. The van der Waals surface area contributed by atoms with Crippen LogP contribution in [-0.4, -0.2) is 0 Å². The van der Waals surface area contributed by atoms with Crippen LogP contribution in [0.3, 0.4) is 0 Å². The molecule has 0 amide bonds. The van der Waals surface area contributed by atoms with E-state index in [2.05, 4.69) is 27.7 Å². The molecule has 2 rings (SSSR count). The Morgan fingerprint density at radius 1 is 1.50 bits per heavy atom. The number of hydrogen-bond acceptors (Lipinski definition) is 0. The van der Waals surface area contributed by atoms with Crippen molar-refractivity contribution in [2.24, 2.45) is 22.7 Å². The van der Waals surface area contributed by atoms with Crippen molar-refractivity contribution in [2.45, 2.75) is 40.5 Å². The Balaban J connectivity index is 2.12. The molecule has 0 heteroatoms. The van der Waals surface area contributed by atoms with E-state index in [-0.39, 0.29) is 0 Å². The third kappa shape index (κ3) is 0.408. The fourth-order valence-electron chi connectivity index (χ4n) is 3.66. The molecule has 0 radical (unpaired) electrons. The zero-order chi connectivity index (χ0) is 7.57. The minimum atomic E-state index is 0.802. The molecule has 2 aliphatic carbocycles. The Bertz CT molecular complexity index is 171. The topological polar surface area (TPSA) is 0 Å². The van der Waals surface area contributed by atoms with Gasteiger partial charge in [-0.25, -0.2) is 0 Å². The Labute approximate surface area is 64.0 Å². The van der Waals surface area contributed by atoms with Crippen LogP contribution in [0.25, 0.3) is 0 Å². The summed E-state index contributed by atoms with van der Waals surface area (Å²) in [6.45, 7) is 9.59. The first-order valence-electron chi connectivity index (χ1n) is 4.59. The first-order valence-corrected chi connectivity index (χ1v) is 4.59. The van der Waals surface area contributed by atoms with Crippen LogP contribution in [0.15, 0.2) is 0 Å². The Kier molecular flexibility index (Phi) is 0.964. The monoisotopic (exact) mass is 138 g/mol. The highest BCUT2D eigenvalue weighted by Crippen LogP contribution is 2.93. The van der Waals surface area contributed by atoms with Gasteiger partial charge in [0.15, 0.2) is 0 Å². The SMILES string of the molecule is CCC1C2(C)CC12C(C)C.